The Balaban J connectivity index is 1.86. The summed E-state index contributed by atoms with van der Waals surface area (Å²) in [5.74, 6) is 0.517. The first kappa shape index (κ1) is 17.9. The van der Waals surface area contributed by atoms with Gasteiger partial charge in [0.25, 0.3) is 0 Å². The van der Waals surface area contributed by atoms with Gasteiger partial charge in [-0.1, -0.05) is 36.4 Å². The summed E-state index contributed by atoms with van der Waals surface area (Å²) < 4.78 is 22.1. The molecule has 3 nitrogen and oxygen atoms in total. The van der Waals surface area contributed by atoms with Gasteiger partial charge in [-0.25, -0.2) is 8.91 Å². The van der Waals surface area contributed by atoms with Gasteiger partial charge in [-0.15, -0.1) is 0 Å². The van der Waals surface area contributed by atoms with E-state index in [1.807, 2.05) is 65.2 Å². The SMILES string of the molecule is COc1ccc(-c2cc3c4cc(F)ccc4c(Br)c(-c4ccccc4)n3n2)cc1. The molecular formula is C24H16BrFN2O. The van der Waals surface area contributed by atoms with Crippen molar-refractivity contribution in [3.05, 3.63) is 89.2 Å². The van der Waals surface area contributed by atoms with Crippen LogP contribution in [0.15, 0.2) is 83.3 Å². The zero-order valence-electron chi connectivity index (χ0n) is 15.6. The molecule has 0 bridgehead atoms. The van der Waals surface area contributed by atoms with Crippen LogP contribution in [0.5, 0.6) is 5.75 Å². The monoisotopic (exact) mass is 446 g/mol. The van der Waals surface area contributed by atoms with Gasteiger partial charge < -0.3 is 4.74 Å². The molecule has 0 amide bonds. The minimum atomic E-state index is -0.272. The summed E-state index contributed by atoms with van der Waals surface area (Å²) >= 11 is 3.75. The summed E-state index contributed by atoms with van der Waals surface area (Å²) in [4.78, 5) is 0. The van der Waals surface area contributed by atoms with Gasteiger partial charge in [0.05, 0.1) is 28.5 Å². The van der Waals surface area contributed by atoms with E-state index in [1.54, 1.807) is 19.2 Å². The van der Waals surface area contributed by atoms with Crippen LogP contribution in [0.1, 0.15) is 0 Å². The van der Waals surface area contributed by atoms with E-state index < -0.39 is 0 Å². The third kappa shape index (κ3) is 2.98. The predicted molar refractivity (Wildman–Crippen MR) is 118 cm³/mol. The van der Waals surface area contributed by atoms with Crippen LogP contribution in [0.2, 0.25) is 0 Å². The molecule has 3 aromatic carbocycles. The lowest BCUT2D eigenvalue weighted by atomic mass is 10.1. The summed E-state index contributed by atoms with van der Waals surface area (Å²) in [5.41, 5.74) is 4.59. The van der Waals surface area contributed by atoms with E-state index in [0.29, 0.717) is 0 Å². The minimum Gasteiger partial charge on any atom is -0.497 e. The van der Waals surface area contributed by atoms with E-state index in [-0.39, 0.29) is 5.82 Å². The molecule has 2 heterocycles. The summed E-state index contributed by atoms with van der Waals surface area (Å²) in [6.45, 7) is 0. The lowest BCUT2D eigenvalue weighted by Crippen LogP contribution is -1.97. The number of benzene rings is 3. The zero-order valence-corrected chi connectivity index (χ0v) is 17.2. The fourth-order valence-electron chi connectivity index (χ4n) is 3.63. The Morgan fingerprint density at radius 2 is 1.62 bits per heavy atom. The van der Waals surface area contributed by atoms with Crippen molar-refractivity contribution in [3.63, 3.8) is 0 Å². The number of ether oxygens (including phenoxy) is 1. The second-order valence-electron chi connectivity index (χ2n) is 6.77. The van der Waals surface area contributed by atoms with Crippen LogP contribution in [0, 0.1) is 5.82 Å². The van der Waals surface area contributed by atoms with Gasteiger partial charge in [0.1, 0.15) is 11.6 Å². The molecule has 0 aliphatic heterocycles. The van der Waals surface area contributed by atoms with Crippen molar-refractivity contribution in [2.45, 2.75) is 0 Å². The topological polar surface area (TPSA) is 26.5 Å². The zero-order chi connectivity index (χ0) is 20.0. The van der Waals surface area contributed by atoms with Crippen molar-refractivity contribution < 1.29 is 9.13 Å². The van der Waals surface area contributed by atoms with Crippen molar-refractivity contribution in [3.8, 4) is 28.3 Å². The van der Waals surface area contributed by atoms with Gasteiger partial charge in [0, 0.05) is 21.9 Å². The molecule has 0 fully saturated rings. The number of halogens is 2. The Kier molecular flexibility index (Phi) is 4.32. The minimum absolute atomic E-state index is 0.272. The number of aromatic nitrogens is 2. The smallest absolute Gasteiger partial charge is 0.123 e. The molecule has 0 aliphatic carbocycles. The molecule has 0 N–H and O–H groups in total. The first-order valence-electron chi connectivity index (χ1n) is 9.16. The molecule has 0 atom stereocenters. The number of fused-ring (bicyclic) bond motifs is 3. The predicted octanol–water partition coefficient (Wildman–Crippen LogP) is 6.73. The van der Waals surface area contributed by atoms with Gasteiger partial charge in [-0.2, -0.15) is 5.10 Å². The van der Waals surface area contributed by atoms with Crippen LogP contribution in [-0.4, -0.2) is 16.7 Å². The fourth-order valence-corrected chi connectivity index (χ4v) is 4.37. The molecular weight excluding hydrogens is 431 g/mol. The van der Waals surface area contributed by atoms with E-state index >= 15 is 0 Å². The van der Waals surface area contributed by atoms with Gasteiger partial charge in [0.2, 0.25) is 0 Å². The highest BCUT2D eigenvalue weighted by Crippen LogP contribution is 2.38. The van der Waals surface area contributed by atoms with Crippen LogP contribution in [-0.2, 0) is 0 Å². The molecule has 0 spiro atoms. The van der Waals surface area contributed by atoms with Crippen molar-refractivity contribution in [1.29, 1.82) is 0 Å². The number of hydrogen-bond acceptors (Lipinski definition) is 2. The molecule has 0 saturated heterocycles. The summed E-state index contributed by atoms with van der Waals surface area (Å²) in [5, 5.41) is 6.63. The number of methoxy groups -OCH3 is 1. The number of nitrogens with zero attached hydrogens (tertiary/aromatic N) is 2. The maximum atomic E-state index is 14.1. The quantitative estimate of drug-likeness (QED) is 0.307. The molecule has 0 unspecified atom stereocenters. The Bertz CT molecular complexity index is 1340. The van der Waals surface area contributed by atoms with Crippen LogP contribution in [0.25, 0.3) is 38.8 Å². The largest absolute Gasteiger partial charge is 0.497 e. The molecule has 142 valence electrons. The number of hydrogen-bond donors (Lipinski definition) is 0. The second-order valence-corrected chi connectivity index (χ2v) is 7.57. The Labute approximate surface area is 175 Å². The highest BCUT2D eigenvalue weighted by atomic mass is 79.9. The lowest BCUT2D eigenvalue weighted by Gasteiger charge is -2.12. The van der Waals surface area contributed by atoms with Crippen molar-refractivity contribution in [2.24, 2.45) is 0 Å². The third-order valence-corrected chi connectivity index (χ3v) is 5.86. The van der Waals surface area contributed by atoms with Gasteiger partial charge >= 0.3 is 0 Å². The van der Waals surface area contributed by atoms with E-state index in [1.165, 1.54) is 6.07 Å². The second kappa shape index (κ2) is 7.01. The number of pyridine rings is 1. The van der Waals surface area contributed by atoms with Crippen LogP contribution in [0.4, 0.5) is 4.39 Å². The van der Waals surface area contributed by atoms with Crippen molar-refractivity contribution in [2.75, 3.05) is 7.11 Å². The highest BCUT2D eigenvalue weighted by molar-refractivity contribution is 9.10. The van der Waals surface area contributed by atoms with Gasteiger partial charge in [-0.3, -0.25) is 0 Å². The molecule has 0 aliphatic rings. The molecule has 2 aromatic heterocycles. The molecule has 5 rings (SSSR count). The van der Waals surface area contributed by atoms with Crippen molar-refractivity contribution >= 4 is 32.2 Å². The van der Waals surface area contributed by atoms with E-state index in [4.69, 9.17) is 9.84 Å². The normalized spacial score (nSPS) is 11.3. The maximum absolute atomic E-state index is 14.1. The first-order chi connectivity index (χ1) is 14.2. The van der Waals surface area contributed by atoms with Crippen LogP contribution >= 0.6 is 15.9 Å². The maximum Gasteiger partial charge on any atom is 0.123 e. The Hall–Kier alpha value is -3.18. The van der Waals surface area contributed by atoms with E-state index in [2.05, 4.69) is 15.9 Å². The standard InChI is InChI=1S/C24H16BrFN2O/c1-29-18-10-7-15(8-11-18)21-14-22-20-13-17(26)9-12-19(20)23(25)24(28(22)27-21)16-5-3-2-4-6-16/h2-14H,1H3. The van der Waals surface area contributed by atoms with E-state index in [9.17, 15) is 4.39 Å². The molecule has 5 heteroatoms. The van der Waals surface area contributed by atoms with Crippen LogP contribution < -0.4 is 4.74 Å². The molecule has 5 aromatic rings. The van der Waals surface area contributed by atoms with Crippen LogP contribution in [0.3, 0.4) is 0 Å². The average Bonchev–Trinajstić information content (AvgIpc) is 3.20. The Morgan fingerprint density at radius 1 is 0.862 bits per heavy atom. The fraction of sp³-hybridized carbons (Fsp3) is 0.0417. The number of rotatable bonds is 3. The molecule has 29 heavy (non-hydrogen) atoms. The average molecular weight is 447 g/mol. The molecule has 0 radical (unpaired) electrons. The highest BCUT2D eigenvalue weighted by Gasteiger charge is 2.18. The van der Waals surface area contributed by atoms with Gasteiger partial charge in [-0.05, 0) is 58.4 Å². The Morgan fingerprint density at radius 3 is 2.34 bits per heavy atom. The summed E-state index contributed by atoms with van der Waals surface area (Å²) in [6.07, 6.45) is 0. The summed E-state index contributed by atoms with van der Waals surface area (Å²) in [6, 6.07) is 24.7. The lowest BCUT2D eigenvalue weighted by molar-refractivity contribution is 0.415. The van der Waals surface area contributed by atoms with E-state index in [0.717, 1.165) is 49.0 Å². The third-order valence-electron chi connectivity index (χ3n) is 5.06. The summed E-state index contributed by atoms with van der Waals surface area (Å²) in [7, 11) is 1.64. The molecule has 0 saturated carbocycles. The first-order valence-corrected chi connectivity index (χ1v) is 9.95. The van der Waals surface area contributed by atoms with Crippen molar-refractivity contribution in [1.82, 2.24) is 9.61 Å². The van der Waals surface area contributed by atoms with Gasteiger partial charge in [0.15, 0.2) is 0 Å².